The maximum absolute atomic E-state index is 5.86. The quantitative estimate of drug-likeness (QED) is 0.881. The highest BCUT2D eigenvalue weighted by atomic mass is 79.9. The average molecular weight is 325 g/mol. The first-order chi connectivity index (χ1) is 8.70. The fourth-order valence-corrected chi connectivity index (χ4v) is 2.85. The largest absolute Gasteiger partial charge is 0.329 e. The smallest absolute Gasteiger partial charge is 0.0447 e. The summed E-state index contributed by atoms with van der Waals surface area (Å²) in [5.41, 5.74) is 8.33. The Morgan fingerprint density at radius 2 is 2.22 bits per heavy atom. The molecule has 0 spiro atoms. The fraction of sp³-hybridized carbons (Fsp3) is 0.286. The summed E-state index contributed by atoms with van der Waals surface area (Å²) in [6.07, 6.45) is 0. The van der Waals surface area contributed by atoms with Gasteiger partial charge in [0.15, 0.2) is 0 Å². The molecule has 0 saturated carbocycles. The zero-order valence-corrected chi connectivity index (χ0v) is 12.7. The molecule has 18 heavy (non-hydrogen) atoms. The first-order valence-electron chi connectivity index (χ1n) is 5.92. The van der Waals surface area contributed by atoms with Crippen LogP contribution in [0.25, 0.3) is 0 Å². The van der Waals surface area contributed by atoms with E-state index in [0.717, 1.165) is 11.0 Å². The van der Waals surface area contributed by atoms with E-state index in [1.54, 1.807) is 11.3 Å². The Balaban J connectivity index is 2.05. The van der Waals surface area contributed by atoms with E-state index in [2.05, 4.69) is 63.9 Å². The molecule has 1 aromatic heterocycles. The lowest BCUT2D eigenvalue weighted by atomic mass is 10.1. The molecule has 0 amide bonds. The van der Waals surface area contributed by atoms with E-state index in [0.29, 0.717) is 6.54 Å². The molecule has 1 heterocycles. The molecule has 0 aliphatic rings. The van der Waals surface area contributed by atoms with Crippen LogP contribution < -0.4 is 11.1 Å². The van der Waals surface area contributed by atoms with E-state index in [-0.39, 0.29) is 6.04 Å². The Morgan fingerprint density at radius 1 is 1.39 bits per heavy atom. The van der Waals surface area contributed by atoms with Gasteiger partial charge in [0.1, 0.15) is 0 Å². The number of hydrogen-bond donors (Lipinski definition) is 2. The van der Waals surface area contributed by atoms with Crippen molar-refractivity contribution in [1.29, 1.82) is 0 Å². The lowest BCUT2D eigenvalue weighted by Crippen LogP contribution is -2.27. The number of thiophene rings is 1. The molecule has 2 nitrogen and oxygen atoms in total. The molecule has 96 valence electrons. The molecule has 0 radical (unpaired) electrons. The summed E-state index contributed by atoms with van der Waals surface area (Å²) >= 11 is 5.33. The molecule has 0 fully saturated rings. The third-order valence-electron chi connectivity index (χ3n) is 2.94. The van der Waals surface area contributed by atoms with Crippen LogP contribution in [0.2, 0.25) is 0 Å². The number of rotatable bonds is 5. The zero-order valence-electron chi connectivity index (χ0n) is 10.3. The predicted molar refractivity (Wildman–Crippen MR) is 81.8 cm³/mol. The van der Waals surface area contributed by atoms with Crippen LogP contribution in [0.1, 0.15) is 22.0 Å². The van der Waals surface area contributed by atoms with Gasteiger partial charge in [-0.25, -0.2) is 0 Å². The first-order valence-corrected chi connectivity index (χ1v) is 7.60. The second-order valence-electron chi connectivity index (χ2n) is 4.26. The van der Waals surface area contributed by atoms with Crippen molar-refractivity contribution in [1.82, 2.24) is 5.32 Å². The van der Waals surface area contributed by atoms with Gasteiger partial charge in [0.05, 0.1) is 0 Å². The van der Waals surface area contributed by atoms with Gasteiger partial charge in [0.2, 0.25) is 0 Å². The van der Waals surface area contributed by atoms with E-state index < -0.39 is 0 Å². The number of benzene rings is 1. The third-order valence-corrected chi connectivity index (χ3v) is 4.67. The van der Waals surface area contributed by atoms with Crippen molar-refractivity contribution in [2.75, 3.05) is 6.54 Å². The van der Waals surface area contributed by atoms with Gasteiger partial charge in [0.25, 0.3) is 0 Å². The van der Waals surface area contributed by atoms with Gasteiger partial charge in [-0.3, -0.25) is 0 Å². The van der Waals surface area contributed by atoms with Crippen LogP contribution in [0, 0.1) is 6.92 Å². The minimum Gasteiger partial charge on any atom is -0.329 e. The topological polar surface area (TPSA) is 38.0 Å². The van der Waals surface area contributed by atoms with E-state index in [9.17, 15) is 0 Å². The van der Waals surface area contributed by atoms with Crippen LogP contribution >= 0.6 is 27.3 Å². The van der Waals surface area contributed by atoms with Gasteiger partial charge in [-0.15, -0.1) is 11.3 Å². The second-order valence-corrected chi connectivity index (χ2v) is 6.14. The van der Waals surface area contributed by atoms with Crippen molar-refractivity contribution in [3.8, 4) is 0 Å². The molecule has 1 atom stereocenters. The van der Waals surface area contributed by atoms with Crippen LogP contribution in [-0.4, -0.2) is 6.54 Å². The van der Waals surface area contributed by atoms with Crippen LogP contribution in [0.15, 0.2) is 40.2 Å². The van der Waals surface area contributed by atoms with Gasteiger partial charge in [-0.2, -0.15) is 0 Å². The van der Waals surface area contributed by atoms with Crippen molar-refractivity contribution in [3.05, 3.63) is 56.2 Å². The zero-order chi connectivity index (χ0) is 13.0. The summed E-state index contributed by atoms with van der Waals surface area (Å²) in [5, 5.41) is 5.59. The molecular weight excluding hydrogens is 308 g/mol. The highest BCUT2D eigenvalue weighted by Crippen LogP contribution is 2.22. The fourth-order valence-electron chi connectivity index (χ4n) is 1.80. The minimum atomic E-state index is 0.198. The molecule has 0 bridgehead atoms. The summed E-state index contributed by atoms with van der Waals surface area (Å²) in [6.45, 7) is 3.55. The molecule has 1 aromatic carbocycles. The highest BCUT2D eigenvalue weighted by molar-refractivity contribution is 9.10. The summed E-state index contributed by atoms with van der Waals surface area (Å²) in [4.78, 5) is 1.33. The van der Waals surface area contributed by atoms with Crippen LogP contribution in [-0.2, 0) is 6.54 Å². The molecule has 2 rings (SSSR count). The lowest BCUT2D eigenvalue weighted by molar-refractivity contribution is 0.545. The molecule has 3 N–H and O–H groups in total. The maximum Gasteiger partial charge on any atom is 0.0447 e. The van der Waals surface area contributed by atoms with E-state index in [4.69, 9.17) is 5.73 Å². The van der Waals surface area contributed by atoms with Crippen LogP contribution in [0.3, 0.4) is 0 Å². The molecule has 0 aliphatic heterocycles. The minimum absolute atomic E-state index is 0.198. The molecule has 2 aromatic rings. The first kappa shape index (κ1) is 13.7. The Hall–Kier alpha value is -0.680. The Labute approximate surface area is 120 Å². The lowest BCUT2D eigenvalue weighted by Gasteiger charge is -2.17. The van der Waals surface area contributed by atoms with Gasteiger partial charge < -0.3 is 11.1 Å². The van der Waals surface area contributed by atoms with Crippen LogP contribution in [0.4, 0.5) is 0 Å². The van der Waals surface area contributed by atoms with Gasteiger partial charge in [-0.05, 0) is 35.6 Å². The number of halogens is 1. The third kappa shape index (κ3) is 3.42. The number of aryl methyl sites for hydroxylation is 1. The van der Waals surface area contributed by atoms with Crippen molar-refractivity contribution < 1.29 is 0 Å². The van der Waals surface area contributed by atoms with Crippen molar-refractivity contribution in [3.63, 3.8) is 0 Å². The standard InChI is InChI=1S/C14H17BrN2S/c1-10-4-5-11(7-13(10)15)14(8-16)17-9-12-3-2-6-18-12/h2-7,14,17H,8-9,16H2,1H3. The number of nitrogens with one attached hydrogen (secondary N) is 1. The van der Waals surface area contributed by atoms with E-state index in [1.165, 1.54) is 16.0 Å². The van der Waals surface area contributed by atoms with Crippen LogP contribution in [0.5, 0.6) is 0 Å². The molecule has 1 unspecified atom stereocenters. The van der Waals surface area contributed by atoms with Gasteiger partial charge in [0, 0.05) is 28.5 Å². The van der Waals surface area contributed by atoms with Crippen molar-refractivity contribution in [2.24, 2.45) is 5.73 Å². The van der Waals surface area contributed by atoms with Gasteiger partial charge in [-0.1, -0.05) is 34.1 Å². The molecule has 0 saturated heterocycles. The van der Waals surface area contributed by atoms with Crippen molar-refractivity contribution >= 4 is 27.3 Å². The highest BCUT2D eigenvalue weighted by Gasteiger charge is 2.10. The average Bonchev–Trinajstić information content (AvgIpc) is 2.87. The van der Waals surface area contributed by atoms with E-state index >= 15 is 0 Å². The van der Waals surface area contributed by atoms with Crippen molar-refractivity contribution in [2.45, 2.75) is 19.5 Å². The number of hydrogen-bond acceptors (Lipinski definition) is 3. The maximum atomic E-state index is 5.86. The second kappa shape index (κ2) is 6.48. The molecular formula is C14H17BrN2S. The SMILES string of the molecule is Cc1ccc(C(CN)NCc2cccs2)cc1Br. The summed E-state index contributed by atoms with van der Waals surface area (Å²) in [7, 11) is 0. The molecule has 0 aliphatic carbocycles. The van der Waals surface area contributed by atoms with Gasteiger partial charge >= 0.3 is 0 Å². The summed E-state index contributed by atoms with van der Waals surface area (Å²) < 4.78 is 1.14. The predicted octanol–water partition coefficient (Wildman–Crippen LogP) is 3.61. The Morgan fingerprint density at radius 3 is 2.83 bits per heavy atom. The summed E-state index contributed by atoms with van der Waals surface area (Å²) in [6, 6.07) is 10.8. The van der Waals surface area contributed by atoms with E-state index in [1.807, 2.05) is 0 Å². The molecule has 4 heteroatoms. The Kier molecular flexibility index (Phi) is 4.95. The number of nitrogens with two attached hydrogens (primary N) is 1. The summed E-state index contributed by atoms with van der Waals surface area (Å²) in [5.74, 6) is 0. The Bertz CT molecular complexity index is 497. The monoisotopic (exact) mass is 324 g/mol. The normalized spacial score (nSPS) is 12.6.